The topological polar surface area (TPSA) is 0 Å². The molecule has 0 heterocycles. The molecule has 0 amide bonds. The van der Waals surface area contributed by atoms with E-state index in [1.54, 1.807) is 11.1 Å². The standard InChI is InChI=1S/2C24H27.C4H11Si.2ClH.Zr/c2*1-2-6-18-11-13-21(14-12-18)23-10-5-9-22-16-20(17-24(22)23)15-19-7-3-4-8-19;1-3-4-5-2;;;/h2*5,9-14,16-17,19H,2-4,6-8,15H2,1H3;5H,3-4H2,1-2H3;2*1H;/q;;;;;+2/p-2. The second-order valence-corrected chi connectivity index (χ2v) is 59.8. The van der Waals surface area contributed by atoms with Gasteiger partial charge in [0.2, 0.25) is 0 Å². The molecular weight excluding hydrogens is 815 g/mol. The van der Waals surface area contributed by atoms with Crippen LogP contribution in [-0.2, 0) is 28.4 Å². The molecule has 0 aromatic heterocycles. The van der Waals surface area contributed by atoms with Crippen molar-refractivity contribution < 1.29 is 15.6 Å². The van der Waals surface area contributed by atoms with Crippen LogP contribution in [0.2, 0.25) is 12.6 Å². The summed E-state index contributed by atoms with van der Waals surface area (Å²) in [5.41, 5.74) is 17.1. The van der Waals surface area contributed by atoms with Gasteiger partial charge in [0, 0.05) is 0 Å². The summed E-state index contributed by atoms with van der Waals surface area (Å²) in [7, 11) is 18.4. The van der Waals surface area contributed by atoms with E-state index < -0.39 is 21.5 Å². The van der Waals surface area contributed by atoms with Crippen molar-refractivity contribution in [3.8, 4) is 22.3 Å². The Morgan fingerprint density at radius 1 is 0.554 bits per heavy atom. The fourth-order valence-electron chi connectivity index (χ4n) is 11.9. The van der Waals surface area contributed by atoms with E-state index in [4.69, 9.17) is 0 Å². The van der Waals surface area contributed by atoms with Gasteiger partial charge < -0.3 is 0 Å². The van der Waals surface area contributed by atoms with Crippen LogP contribution in [0.4, 0.5) is 0 Å². The summed E-state index contributed by atoms with van der Waals surface area (Å²) >= 11 is -5.02. The van der Waals surface area contributed by atoms with Crippen molar-refractivity contribution in [3.05, 3.63) is 129 Å². The Labute approximate surface area is 348 Å². The SMILES string of the molecule is CCCc1ccc(-c2cccc3c2C=C(CC2CCCC2)[CH]3[Zr]([Cl])([Cl])([CH]2C(CC3CCCC3)=Cc3c(-c4ccc(CCC)cc4)cccc32)[SiH](C)CCC)cc1. The number of hydrogen-bond donors (Lipinski definition) is 0. The van der Waals surface area contributed by atoms with Crippen LogP contribution in [-0.4, -0.2) is 5.92 Å². The molecule has 3 unspecified atom stereocenters. The molecule has 4 heteroatoms. The summed E-state index contributed by atoms with van der Waals surface area (Å²) in [6.07, 6.45) is 24.1. The zero-order chi connectivity index (χ0) is 38.9. The van der Waals surface area contributed by atoms with E-state index in [0.717, 1.165) is 43.9 Å². The second-order valence-electron chi connectivity index (χ2n) is 18.4. The van der Waals surface area contributed by atoms with E-state index in [9.17, 15) is 17.0 Å². The molecule has 2 saturated carbocycles. The van der Waals surface area contributed by atoms with Gasteiger partial charge in [-0.1, -0.05) is 0 Å². The Morgan fingerprint density at radius 2 is 0.964 bits per heavy atom. The quantitative estimate of drug-likeness (QED) is 0.104. The summed E-state index contributed by atoms with van der Waals surface area (Å²) in [5.74, 6) is -0.226. The molecule has 4 aromatic rings. The molecule has 0 N–H and O–H groups in total. The Bertz CT molecular complexity index is 1920. The Balaban J connectivity index is 1.33. The molecule has 0 spiro atoms. The first-order valence-corrected chi connectivity index (χ1v) is 38.6. The predicted molar refractivity (Wildman–Crippen MR) is 246 cm³/mol. The minimum absolute atomic E-state index is 0.155. The van der Waals surface area contributed by atoms with E-state index >= 15 is 0 Å². The average molecular weight is 880 g/mol. The maximum atomic E-state index is 9.22. The number of rotatable bonds is 15. The molecule has 0 aliphatic heterocycles. The first-order valence-electron chi connectivity index (χ1n) is 22.7. The molecule has 295 valence electrons. The molecule has 8 rings (SSSR count). The third-order valence-corrected chi connectivity index (χ3v) is 65.1. The van der Waals surface area contributed by atoms with Crippen molar-refractivity contribution in [2.75, 3.05) is 0 Å². The van der Waals surface area contributed by atoms with Gasteiger partial charge >= 0.3 is 351 Å². The van der Waals surface area contributed by atoms with Crippen LogP contribution in [0.25, 0.3) is 34.4 Å². The van der Waals surface area contributed by atoms with Gasteiger partial charge in [-0.2, -0.15) is 0 Å². The van der Waals surface area contributed by atoms with Crippen molar-refractivity contribution in [2.45, 2.75) is 137 Å². The number of halogens is 2. The van der Waals surface area contributed by atoms with E-state index in [1.807, 2.05) is 0 Å². The Morgan fingerprint density at radius 3 is 1.34 bits per heavy atom. The zero-order valence-electron chi connectivity index (χ0n) is 34.7. The Kier molecular flexibility index (Phi) is 12.6. The van der Waals surface area contributed by atoms with Crippen molar-refractivity contribution in [3.63, 3.8) is 0 Å². The summed E-state index contributed by atoms with van der Waals surface area (Å²) in [4.78, 5) is 0. The third kappa shape index (κ3) is 7.66. The zero-order valence-corrected chi connectivity index (χ0v) is 39.8. The summed E-state index contributed by atoms with van der Waals surface area (Å²) in [5, 5.41) is 0. The van der Waals surface area contributed by atoms with Gasteiger partial charge in [-0.15, -0.1) is 0 Å². The van der Waals surface area contributed by atoms with E-state index in [2.05, 4.69) is 124 Å². The van der Waals surface area contributed by atoms with Crippen LogP contribution in [0, 0.1) is 11.8 Å². The second kappa shape index (κ2) is 17.3. The molecule has 56 heavy (non-hydrogen) atoms. The number of aryl methyl sites for hydroxylation is 2. The van der Waals surface area contributed by atoms with Gasteiger partial charge in [0.15, 0.2) is 0 Å². The molecule has 4 aliphatic rings. The van der Waals surface area contributed by atoms with Gasteiger partial charge in [0.05, 0.1) is 0 Å². The van der Waals surface area contributed by atoms with Gasteiger partial charge in [0.25, 0.3) is 0 Å². The fraction of sp³-hybridized carbons (Fsp3) is 0.462. The van der Waals surface area contributed by atoms with Gasteiger partial charge in [-0.3, -0.25) is 0 Å². The van der Waals surface area contributed by atoms with Crippen molar-refractivity contribution >= 4 is 35.1 Å². The predicted octanol–water partition coefficient (Wildman–Crippen LogP) is 16.4. The molecule has 3 atom stereocenters. The normalized spacial score (nSPS) is 21.1. The van der Waals surface area contributed by atoms with Gasteiger partial charge in [-0.25, -0.2) is 0 Å². The van der Waals surface area contributed by atoms with Crippen LogP contribution in [0.1, 0.15) is 145 Å². The van der Waals surface area contributed by atoms with Crippen LogP contribution in [0.5, 0.6) is 0 Å². The van der Waals surface area contributed by atoms with Crippen molar-refractivity contribution in [2.24, 2.45) is 11.8 Å². The average Bonchev–Trinajstić information content (AvgIpc) is 4.03. The van der Waals surface area contributed by atoms with Crippen LogP contribution < -0.4 is 0 Å². The van der Waals surface area contributed by atoms with E-state index in [1.165, 1.54) is 126 Å². The number of benzene rings is 4. The first-order chi connectivity index (χ1) is 27.2. The summed E-state index contributed by atoms with van der Waals surface area (Å²) in [6.45, 7) is 9.54. The van der Waals surface area contributed by atoms with Crippen molar-refractivity contribution in [1.82, 2.24) is 0 Å². The molecule has 4 aromatic carbocycles. The van der Waals surface area contributed by atoms with E-state index in [-0.39, 0.29) is 7.25 Å². The molecule has 0 saturated heterocycles. The number of fused-ring (bicyclic) bond motifs is 2. The van der Waals surface area contributed by atoms with Crippen LogP contribution in [0.3, 0.4) is 0 Å². The number of hydrogen-bond acceptors (Lipinski definition) is 0. The third-order valence-electron chi connectivity index (χ3n) is 14.7. The Hall–Kier alpha value is -1.96. The van der Waals surface area contributed by atoms with Crippen LogP contribution in [0.15, 0.2) is 96.1 Å². The fourth-order valence-corrected chi connectivity index (χ4v) is 53.1. The monoisotopic (exact) mass is 877 g/mol. The molecule has 0 nitrogen and oxygen atoms in total. The maximum absolute atomic E-state index is 9.22. The van der Waals surface area contributed by atoms with E-state index in [0.29, 0.717) is 0 Å². The molecule has 2 fully saturated rings. The number of allylic oxidation sites excluding steroid dienone is 2. The van der Waals surface area contributed by atoms with Gasteiger partial charge in [0.1, 0.15) is 0 Å². The molecule has 0 bridgehead atoms. The van der Waals surface area contributed by atoms with Crippen LogP contribution >= 0.6 is 17.0 Å². The first kappa shape index (κ1) is 40.8. The summed E-state index contributed by atoms with van der Waals surface area (Å²) in [6, 6.07) is 34.4. The summed E-state index contributed by atoms with van der Waals surface area (Å²) < 4.78 is 0.311. The van der Waals surface area contributed by atoms with Gasteiger partial charge in [-0.05, 0) is 0 Å². The molecule has 4 aliphatic carbocycles. The molecule has 0 radical (unpaired) electrons. The van der Waals surface area contributed by atoms with Crippen molar-refractivity contribution in [1.29, 1.82) is 0 Å². The molecular formula is C52H65Cl2SiZr. The minimum atomic E-state index is -5.02.